The molecule has 1 aliphatic rings. The Morgan fingerprint density at radius 1 is 1.08 bits per heavy atom. The first-order valence-electron chi connectivity index (χ1n) is 8.85. The zero-order valence-electron chi connectivity index (χ0n) is 15.1. The number of aromatic nitrogens is 2. The molecule has 0 aliphatic heterocycles. The van der Waals surface area contributed by atoms with Crippen molar-refractivity contribution in [3.05, 3.63) is 71.3 Å². The van der Waals surface area contributed by atoms with Gasteiger partial charge in [-0.1, -0.05) is 26.0 Å². The molecule has 0 radical (unpaired) electrons. The highest BCUT2D eigenvalue weighted by Gasteiger charge is 2.32. The predicted molar refractivity (Wildman–Crippen MR) is 102 cm³/mol. The van der Waals surface area contributed by atoms with Gasteiger partial charge in [0.1, 0.15) is 5.78 Å². The van der Waals surface area contributed by atoms with Gasteiger partial charge in [-0.2, -0.15) is 0 Å². The number of Topliss-reactive ketones (excluding diaryl/α,β-unsaturated/α-hetero) is 2. The smallest absolute Gasteiger partial charge is 0.185 e. The Morgan fingerprint density at radius 2 is 1.85 bits per heavy atom. The fourth-order valence-corrected chi connectivity index (χ4v) is 3.22. The van der Waals surface area contributed by atoms with E-state index in [0.717, 1.165) is 11.3 Å². The number of allylic oxidation sites excluding steroid dienone is 2. The van der Waals surface area contributed by atoms with E-state index < -0.39 is 0 Å². The molecule has 0 amide bonds. The summed E-state index contributed by atoms with van der Waals surface area (Å²) in [5.41, 5.74) is 2.90. The number of rotatable bonds is 4. The van der Waals surface area contributed by atoms with Gasteiger partial charge in [-0.25, -0.2) is 0 Å². The summed E-state index contributed by atoms with van der Waals surface area (Å²) in [4.78, 5) is 34.0. The fourth-order valence-electron chi connectivity index (χ4n) is 3.22. The summed E-state index contributed by atoms with van der Waals surface area (Å²) in [6.45, 7) is 3.82. The van der Waals surface area contributed by atoms with Gasteiger partial charge in [-0.15, -0.1) is 0 Å². The molecule has 2 aromatic rings. The minimum atomic E-state index is -0.175. The summed E-state index contributed by atoms with van der Waals surface area (Å²) in [7, 11) is 0. The molecule has 2 aromatic heterocycles. The summed E-state index contributed by atoms with van der Waals surface area (Å²) in [6.07, 6.45) is 9.71. The van der Waals surface area contributed by atoms with Gasteiger partial charge in [0.2, 0.25) is 0 Å². The van der Waals surface area contributed by atoms with E-state index in [0.29, 0.717) is 24.0 Å². The third kappa shape index (κ3) is 4.20. The van der Waals surface area contributed by atoms with Crippen LogP contribution in [0.2, 0.25) is 0 Å². The molecule has 1 atom stereocenters. The first-order valence-corrected chi connectivity index (χ1v) is 8.85. The lowest BCUT2D eigenvalue weighted by molar-refractivity contribution is -0.126. The van der Waals surface area contributed by atoms with Gasteiger partial charge in [0.15, 0.2) is 5.78 Å². The van der Waals surface area contributed by atoms with Gasteiger partial charge < -0.3 is 0 Å². The molecule has 1 unspecified atom stereocenters. The highest BCUT2D eigenvalue weighted by Crippen LogP contribution is 2.34. The lowest BCUT2D eigenvalue weighted by Crippen LogP contribution is -2.28. The summed E-state index contributed by atoms with van der Waals surface area (Å²) in [5.74, 6) is -0.0386. The number of carbonyl (C=O) groups is 2. The molecule has 0 aromatic carbocycles. The van der Waals surface area contributed by atoms with E-state index in [1.54, 1.807) is 24.7 Å². The molecule has 26 heavy (non-hydrogen) atoms. The van der Waals surface area contributed by atoms with Crippen LogP contribution in [0, 0.1) is 11.8 Å². The zero-order chi connectivity index (χ0) is 18.5. The maximum absolute atomic E-state index is 13.0. The Morgan fingerprint density at radius 3 is 2.46 bits per heavy atom. The third-order valence-electron chi connectivity index (χ3n) is 4.52. The van der Waals surface area contributed by atoms with Crippen LogP contribution >= 0.6 is 0 Å². The third-order valence-corrected chi connectivity index (χ3v) is 4.52. The molecular formula is C22H22N2O2. The molecule has 0 bridgehead atoms. The summed E-state index contributed by atoms with van der Waals surface area (Å²) < 4.78 is 0. The van der Waals surface area contributed by atoms with Crippen molar-refractivity contribution >= 4 is 23.7 Å². The topological polar surface area (TPSA) is 59.9 Å². The first-order chi connectivity index (χ1) is 12.5. The molecule has 132 valence electrons. The molecule has 1 saturated carbocycles. The van der Waals surface area contributed by atoms with Crippen LogP contribution in [-0.4, -0.2) is 21.5 Å². The number of hydrogen-bond acceptors (Lipinski definition) is 4. The van der Waals surface area contributed by atoms with Crippen LogP contribution in [-0.2, 0) is 9.59 Å². The van der Waals surface area contributed by atoms with E-state index in [4.69, 9.17) is 0 Å². The second-order valence-corrected chi connectivity index (χ2v) is 6.87. The number of hydrogen-bond donors (Lipinski definition) is 0. The Balaban J connectivity index is 1.99. The molecule has 3 rings (SSSR count). The molecule has 1 aliphatic carbocycles. The summed E-state index contributed by atoms with van der Waals surface area (Å²) in [5, 5.41) is 0. The van der Waals surface area contributed by atoms with E-state index in [1.165, 1.54) is 0 Å². The van der Waals surface area contributed by atoms with Crippen LogP contribution < -0.4 is 0 Å². The molecule has 0 N–H and O–H groups in total. The van der Waals surface area contributed by atoms with E-state index in [9.17, 15) is 9.59 Å². The monoisotopic (exact) mass is 346 g/mol. The van der Waals surface area contributed by atoms with Crippen molar-refractivity contribution in [3.8, 4) is 0 Å². The van der Waals surface area contributed by atoms with Gasteiger partial charge in [0.25, 0.3) is 0 Å². The lowest BCUT2D eigenvalue weighted by Gasteiger charge is -2.26. The molecule has 1 fully saturated rings. The van der Waals surface area contributed by atoms with Crippen LogP contribution in [0.3, 0.4) is 0 Å². The molecular weight excluding hydrogens is 324 g/mol. The lowest BCUT2D eigenvalue weighted by atomic mass is 9.76. The van der Waals surface area contributed by atoms with Crippen molar-refractivity contribution in [2.45, 2.75) is 26.7 Å². The van der Waals surface area contributed by atoms with E-state index in [-0.39, 0.29) is 23.4 Å². The molecule has 0 spiro atoms. The highest BCUT2D eigenvalue weighted by molar-refractivity contribution is 6.15. The number of carbonyl (C=O) groups excluding carboxylic acids is 2. The second kappa shape index (κ2) is 8.00. The van der Waals surface area contributed by atoms with Crippen molar-refractivity contribution in [1.82, 2.24) is 9.97 Å². The maximum Gasteiger partial charge on any atom is 0.185 e. The van der Waals surface area contributed by atoms with Crippen LogP contribution in [0.15, 0.2) is 60.1 Å². The first kappa shape index (κ1) is 17.9. The van der Waals surface area contributed by atoms with Crippen LogP contribution in [0.5, 0.6) is 0 Å². The summed E-state index contributed by atoms with van der Waals surface area (Å²) in [6, 6.07) is 9.32. The Kier molecular flexibility index (Phi) is 5.52. The quantitative estimate of drug-likeness (QED) is 0.780. The van der Waals surface area contributed by atoms with E-state index in [1.807, 2.05) is 50.3 Å². The highest BCUT2D eigenvalue weighted by atomic mass is 16.1. The van der Waals surface area contributed by atoms with E-state index in [2.05, 4.69) is 9.97 Å². The van der Waals surface area contributed by atoms with E-state index >= 15 is 0 Å². The van der Waals surface area contributed by atoms with Crippen molar-refractivity contribution in [1.29, 1.82) is 0 Å². The Hall–Kier alpha value is -2.88. The van der Waals surface area contributed by atoms with Crippen LogP contribution in [0.1, 0.15) is 37.9 Å². The van der Waals surface area contributed by atoms with Gasteiger partial charge in [0, 0.05) is 41.6 Å². The van der Waals surface area contributed by atoms with Crippen molar-refractivity contribution in [3.63, 3.8) is 0 Å². The predicted octanol–water partition coefficient (Wildman–Crippen LogP) is 4.15. The van der Waals surface area contributed by atoms with Crippen LogP contribution in [0.4, 0.5) is 0 Å². The maximum atomic E-state index is 13.0. The van der Waals surface area contributed by atoms with Gasteiger partial charge >= 0.3 is 0 Å². The fraction of sp³-hybridized carbons (Fsp3) is 0.273. The van der Waals surface area contributed by atoms with Crippen LogP contribution in [0.25, 0.3) is 12.2 Å². The molecule has 4 nitrogen and oxygen atoms in total. The van der Waals surface area contributed by atoms with Gasteiger partial charge in [0.05, 0.1) is 5.69 Å². The Bertz CT molecular complexity index is 791. The van der Waals surface area contributed by atoms with Crippen molar-refractivity contribution in [2.24, 2.45) is 11.8 Å². The van der Waals surface area contributed by atoms with Gasteiger partial charge in [-0.3, -0.25) is 19.6 Å². The molecule has 0 saturated heterocycles. The number of pyridine rings is 2. The molecule has 2 heterocycles. The minimum absolute atomic E-state index is 0.00712. The summed E-state index contributed by atoms with van der Waals surface area (Å²) >= 11 is 0. The zero-order valence-corrected chi connectivity index (χ0v) is 15.1. The van der Waals surface area contributed by atoms with Crippen molar-refractivity contribution in [2.75, 3.05) is 0 Å². The average molecular weight is 346 g/mol. The normalized spacial score (nSPS) is 20.7. The minimum Gasteiger partial charge on any atom is -0.299 e. The number of nitrogens with zero attached hydrogens (tertiary/aromatic N) is 2. The average Bonchev–Trinajstić information content (AvgIpc) is 2.66. The standard InChI is InChI=1S/C22H22N2O2/c1-15(2)21(25)18-11-17(10-16-6-5-8-23-14-16)22(26)19(12-18)13-20-7-3-4-9-24-20/h3-10,13-15,18H,11-12H2,1-2H3/b17-10+,19-13-. The molecule has 4 heteroatoms. The SMILES string of the molecule is CC(C)C(=O)C1C/C(=C/c2ccccn2)C(=O)/C(=C/c2cccnc2)C1. The van der Waals surface area contributed by atoms with Gasteiger partial charge in [-0.05, 0) is 48.8 Å². The Labute approximate surface area is 153 Å². The second-order valence-electron chi connectivity index (χ2n) is 6.87. The largest absolute Gasteiger partial charge is 0.299 e. The number of ketones is 2. The van der Waals surface area contributed by atoms with Crippen molar-refractivity contribution < 1.29 is 9.59 Å².